The van der Waals surface area contributed by atoms with Crippen molar-refractivity contribution in [1.29, 1.82) is 0 Å². The van der Waals surface area contributed by atoms with Gasteiger partial charge in [0.05, 0.1) is 12.7 Å². The van der Waals surface area contributed by atoms with E-state index in [0.29, 0.717) is 36.5 Å². The van der Waals surface area contributed by atoms with Gasteiger partial charge in [-0.15, -0.1) is 0 Å². The maximum absolute atomic E-state index is 12.4. The fourth-order valence-corrected chi connectivity index (χ4v) is 3.22. The monoisotopic (exact) mass is 396 g/mol. The quantitative estimate of drug-likeness (QED) is 0.673. The van der Waals surface area contributed by atoms with Crippen molar-refractivity contribution >= 4 is 23.5 Å². The molecular formula is C22H24N2O5. The summed E-state index contributed by atoms with van der Waals surface area (Å²) in [7, 11) is 3.22. The Balaban J connectivity index is 1.57. The van der Waals surface area contributed by atoms with E-state index in [0.717, 1.165) is 12.0 Å². The maximum Gasteiger partial charge on any atom is 0.338 e. The number of rotatable bonds is 7. The number of hydrogen-bond donors (Lipinski definition) is 0. The molecule has 1 fully saturated rings. The molecule has 0 unspecified atom stereocenters. The number of esters is 1. The van der Waals surface area contributed by atoms with E-state index >= 15 is 0 Å². The molecule has 7 heteroatoms. The molecule has 152 valence electrons. The molecule has 0 atom stereocenters. The Hall–Kier alpha value is -3.35. The van der Waals surface area contributed by atoms with E-state index in [9.17, 15) is 14.4 Å². The molecule has 29 heavy (non-hydrogen) atoms. The van der Waals surface area contributed by atoms with Crippen molar-refractivity contribution in [3.63, 3.8) is 0 Å². The molecule has 7 nitrogen and oxygen atoms in total. The van der Waals surface area contributed by atoms with E-state index in [1.54, 1.807) is 43.3 Å². The third kappa shape index (κ3) is 4.93. The van der Waals surface area contributed by atoms with Gasteiger partial charge < -0.3 is 19.3 Å². The Labute approximate surface area is 169 Å². The number of carbonyl (C=O) groups excluding carboxylic acids is 3. The van der Waals surface area contributed by atoms with Crippen LogP contribution >= 0.6 is 0 Å². The first-order valence-electron chi connectivity index (χ1n) is 9.43. The molecule has 1 aliphatic heterocycles. The molecule has 2 aromatic rings. The van der Waals surface area contributed by atoms with Crippen LogP contribution in [0.2, 0.25) is 0 Å². The van der Waals surface area contributed by atoms with Crippen molar-refractivity contribution in [2.75, 3.05) is 32.2 Å². The average Bonchev–Trinajstić information content (AvgIpc) is 3.18. The number of amides is 2. The van der Waals surface area contributed by atoms with Gasteiger partial charge in [0, 0.05) is 37.8 Å². The van der Waals surface area contributed by atoms with Gasteiger partial charge in [-0.1, -0.05) is 24.3 Å². The summed E-state index contributed by atoms with van der Waals surface area (Å²) >= 11 is 0. The predicted octanol–water partition coefficient (Wildman–Crippen LogP) is 2.64. The lowest BCUT2D eigenvalue weighted by molar-refractivity contribution is -0.133. The molecule has 1 heterocycles. The molecule has 0 aromatic heterocycles. The van der Waals surface area contributed by atoms with Crippen LogP contribution in [0.4, 0.5) is 5.69 Å². The zero-order chi connectivity index (χ0) is 20.8. The van der Waals surface area contributed by atoms with Gasteiger partial charge in [0.2, 0.25) is 5.91 Å². The van der Waals surface area contributed by atoms with Crippen LogP contribution in [0.15, 0.2) is 48.5 Å². The van der Waals surface area contributed by atoms with Crippen molar-refractivity contribution < 1.29 is 23.9 Å². The lowest BCUT2D eigenvalue weighted by Crippen LogP contribution is -2.31. The molecule has 0 N–H and O–H groups in total. The summed E-state index contributed by atoms with van der Waals surface area (Å²) in [5.74, 6) is -0.186. The van der Waals surface area contributed by atoms with Crippen LogP contribution in [-0.2, 0) is 20.9 Å². The molecule has 0 spiro atoms. The van der Waals surface area contributed by atoms with E-state index in [-0.39, 0.29) is 18.4 Å². The number of methoxy groups -OCH3 is 1. The molecule has 3 rings (SSSR count). The van der Waals surface area contributed by atoms with Gasteiger partial charge in [-0.2, -0.15) is 0 Å². The van der Waals surface area contributed by atoms with Gasteiger partial charge in [-0.05, 0) is 30.7 Å². The molecule has 1 aliphatic rings. The fraction of sp³-hybridized carbons (Fsp3) is 0.318. The second-order valence-electron chi connectivity index (χ2n) is 6.84. The van der Waals surface area contributed by atoms with Crippen LogP contribution in [0.3, 0.4) is 0 Å². The summed E-state index contributed by atoms with van der Waals surface area (Å²) in [5.41, 5.74) is 1.84. The van der Waals surface area contributed by atoms with Crippen LogP contribution in [0.1, 0.15) is 28.8 Å². The molecule has 0 saturated carbocycles. The van der Waals surface area contributed by atoms with Crippen LogP contribution in [-0.4, -0.2) is 50.0 Å². The number of benzene rings is 2. The summed E-state index contributed by atoms with van der Waals surface area (Å²) in [4.78, 5) is 39.7. The number of anilines is 1. The normalized spacial score (nSPS) is 13.3. The highest BCUT2D eigenvalue weighted by molar-refractivity contribution is 5.97. The van der Waals surface area contributed by atoms with Gasteiger partial charge in [0.25, 0.3) is 5.91 Å². The Morgan fingerprint density at radius 2 is 1.93 bits per heavy atom. The highest BCUT2D eigenvalue weighted by Gasteiger charge is 2.23. The second kappa shape index (κ2) is 9.23. The van der Waals surface area contributed by atoms with Crippen LogP contribution in [0.25, 0.3) is 0 Å². The molecule has 1 saturated heterocycles. The highest BCUT2D eigenvalue weighted by Crippen LogP contribution is 2.23. The Bertz CT molecular complexity index is 912. The minimum absolute atomic E-state index is 0.0451. The van der Waals surface area contributed by atoms with Crippen LogP contribution in [0.5, 0.6) is 5.75 Å². The number of para-hydroxylation sites is 1. The average molecular weight is 396 g/mol. The number of nitrogens with zero attached hydrogens (tertiary/aromatic N) is 2. The first-order chi connectivity index (χ1) is 14.0. The predicted molar refractivity (Wildman–Crippen MR) is 108 cm³/mol. The van der Waals surface area contributed by atoms with E-state index < -0.39 is 5.97 Å². The summed E-state index contributed by atoms with van der Waals surface area (Å²) in [6.07, 6.45) is 1.32. The smallest absolute Gasteiger partial charge is 0.338 e. The summed E-state index contributed by atoms with van der Waals surface area (Å²) in [5, 5.41) is 0. The Morgan fingerprint density at radius 3 is 2.66 bits per heavy atom. The molecular weight excluding hydrogens is 372 g/mol. The number of hydrogen-bond acceptors (Lipinski definition) is 5. The standard InChI is InChI=1S/C22H24N2O5/c1-23(14-17-7-3-4-10-19(17)28-2)21(26)15-29-22(27)16-8-5-9-18(13-16)24-12-6-11-20(24)25/h3-5,7-10,13H,6,11-12,14-15H2,1-2H3. The van der Waals surface area contributed by atoms with Crippen molar-refractivity contribution in [3.8, 4) is 5.75 Å². The van der Waals surface area contributed by atoms with Crippen molar-refractivity contribution in [1.82, 2.24) is 4.90 Å². The highest BCUT2D eigenvalue weighted by atomic mass is 16.5. The molecule has 0 radical (unpaired) electrons. The van der Waals surface area contributed by atoms with Crippen LogP contribution in [0, 0.1) is 0 Å². The zero-order valence-electron chi connectivity index (χ0n) is 16.6. The molecule has 0 aliphatic carbocycles. The third-order valence-corrected chi connectivity index (χ3v) is 4.82. The largest absolute Gasteiger partial charge is 0.496 e. The number of carbonyl (C=O) groups is 3. The van der Waals surface area contributed by atoms with Gasteiger partial charge >= 0.3 is 5.97 Å². The topological polar surface area (TPSA) is 76.2 Å². The minimum Gasteiger partial charge on any atom is -0.496 e. The number of likely N-dealkylation sites (N-methyl/N-ethyl adjacent to an activating group) is 1. The SMILES string of the molecule is COc1ccccc1CN(C)C(=O)COC(=O)c1cccc(N2CCCC2=O)c1. The lowest BCUT2D eigenvalue weighted by atomic mass is 10.2. The van der Waals surface area contributed by atoms with Crippen molar-refractivity contribution in [2.24, 2.45) is 0 Å². The van der Waals surface area contributed by atoms with Crippen molar-refractivity contribution in [3.05, 3.63) is 59.7 Å². The zero-order valence-corrected chi connectivity index (χ0v) is 16.6. The Kier molecular flexibility index (Phi) is 6.49. The van der Waals surface area contributed by atoms with Gasteiger partial charge in [0.1, 0.15) is 5.75 Å². The minimum atomic E-state index is -0.600. The summed E-state index contributed by atoms with van der Waals surface area (Å²) in [6.45, 7) is 0.619. The van der Waals surface area contributed by atoms with Gasteiger partial charge in [-0.25, -0.2) is 4.79 Å². The summed E-state index contributed by atoms with van der Waals surface area (Å²) < 4.78 is 10.5. The Morgan fingerprint density at radius 1 is 1.14 bits per heavy atom. The van der Waals surface area contributed by atoms with Gasteiger partial charge in [0.15, 0.2) is 6.61 Å². The van der Waals surface area contributed by atoms with E-state index in [4.69, 9.17) is 9.47 Å². The number of ether oxygens (including phenoxy) is 2. The fourth-order valence-electron chi connectivity index (χ4n) is 3.22. The van der Waals surface area contributed by atoms with Crippen LogP contribution < -0.4 is 9.64 Å². The maximum atomic E-state index is 12.4. The van der Waals surface area contributed by atoms with E-state index in [1.165, 1.54) is 4.90 Å². The van der Waals surface area contributed by atoms with E-state index in [2.05, 4.69) is 0 Å². The lowest BCUT2D eigenvalue weighted by Gasteiger charge is -2.19. The molecule has 2 aromatic carbocycles. The van der Waals surface area contributed by atoms with E-state index in [1.807, 2.05) is 24.3 Å². The third-order valence-electron chi connectivity index (χ3n) is 4.82. The van der Waals surface area contributed by atoms with Gasteiger partial charge in [-0.3, -0.25) is 9.59 Å². The first kappa shape index (κ1) is 20.4. The summed E-state index contributed by atoms with van der Waals surface area (Å²) in [6, 6.07) is 14.1. The molecule has 0 bridgehead atoms. The molecule has 2 amide bonds. The van der Waals surface area contributed by atoms with Crippen molar-refractivity contribution in [2.45, 2.75) is 19.4 Å². The first-order valence-corrected chi connectivity index (χ1v) is 9.43. The second-order valence-corrected chi connectivity index (χ2v) is 6.84.